The summed E-state index contributed by atoms with van der Waals surface area (Å²) in [5, 5.41) is 2.85. The van der Waals surface area contributed by atoms with Gasteiger partial charge >= 0.3 is 0 Å². The highest BCUT2D eigenvalue weighted by Crippen LogP contribution is 2.48. The normalized spacial score (nSPS) is 16.0. The maximum atomic E-state index is 12.9. The van der Waals surface area contributed by atoms with Crippen LogP contribution in [0.5, 0.6) is 11.5 Å². The first kappa shape index (κ1) is 16.4. The quantitative estimate of drug-likeness (QED) is 0.840. The number of ether oxygens (including phenoxy) is 2. The second-order valence-electron chi connectivity index (χ2n) is 6.75. The number of hydrogen-bond acceptors (Lipinski definition) is 4. The Hall–Kier alpha value is -3.02. The Morgan fingerprint density at radius 3 is 2.54 bits per heavy atom. The van der Waals surface area contributed by atoms with Crippen LogP contribution in [0.15, 0.2) is 48.5 Å². The van der Waals surface area contributed by atoms with Gasteiger partial charge in [0.05, 0.1) is 0 Å². The van der Waals surface area contributed by atoms with E-state index in [1.54, 1.807) is 30.1 Å². The second-order valence-corrected chi connectivity index (χ2v) is 6.75. The summed E-state index contributed by atoms with van der Waals surface area (Å²) < 4.78 is 10.6. The topological polar surface area (TPSA) is 67.9 Å². The fourth-order valence-corrected chi connectivity index (χ4v) is 3.18. The highest BCUT2D eigenvalue weighted by molar-refractivity contribution is 6.13. The van der Waals surface area contributed by atoms with Gasteiger partial charge in [-0.25, -0.2) is 0 Å². The summed E-state index contributed by atoms with van der Waals surface area (Å²) in [4.78, 5) is 27.3. The van der Waals surface area contributed by atoms with Crippen LogP contribution in [-0.2, 0) is 16.1 Å². The van der Waals surface area contributed by atoms with E-state index in [4.69, 9.17) is 9.47 Å². The molecule has 2 aliphatic rings. The van der Waals surface area contributed by atoms with Crippen molar-refractivity contribution in [3.05, 3.63) is 54.1 Å². The van der Waals surface area contributed by atoms with Gasteiger partial charge < -0.3 is 19.7 Å². The van der Waals surface area contributed by atoms with Gasteiger partial charge in [-0.05, 0) is 30.5 Å². The Morgan fingerprint density at radius 2 is 1.81 bits per heavy atom. The molecule has 1 heterocycles. The first-order valence-electron chi connectivity index (χ1n) is 8.59. The number of amides is 2. The molecule has 4 rings (SSSR count). The second kappa shape index (κ2) is 6.37. The van der Waals surface area contributed by atoms with E-state index in [0.29, 0.717) is 36.6 Å². The summed E-state index contributed by atoms with van der Waals surface area (Å²) in [6.07, 6.45) is 1.14. The maximum Gasteiger partial charge on any atom is 0.240 e. The number of anilines is 1. The number of nitrogens with zero attached hydrogens (tertiary/aromatic N) is 1. The molecule has 134 valence electrons. The van der Waals surface area contributed by atoms with Gasteiger partial charge in [-0.15, -0.1) is 0 Å². The van der Waals surface area contributed by atoms with Crippen molar-refractivity contribution >= 4 is 17.5 Å². The van der Waals surface area contributed by atoms with Crippen molar-refractivity contribution < 1.29 is 19.1 Å². The van der Waals surface area contributed by atoms with Gasteiger partial charge in [0, 0.05) is 25.3 Å². The van der Waals surface area contributed by atoms with Gasteiger partial charge in [0.1, 0.15) is 5.41 Å². The van der Waals surface area contributed by atoms with Crippen molar-refractivity contribution in [2.45, 2.75) is 19.4 Å². The largest absolute Gasteiger partial charge is 0.454 e. The lowest BCUT2D eigenvalue weighted by atomic mass is 10.0. The van der Waals surface area contributed by atoms with Gasteiger partial charge in [0.25, 0.3) is 0 Å². The van der Waals surface area contributed by atoms with Gasteiger partial charge in [0.2, 0.25) is 18.6 Å². The van der Waals surface area contributed by atoms with E-state index < -0.39 is 5.41 Å². The molecule has 26 heavy (non-hydrogen) atoms. The SMILES string of the molecule is CN(Cc1ccccc1)C(=O)C1(C(=O)Nc2ccc3c(c2)OCO3)CC1. The molecule has 6 heteroatoms. The molecule has 0 atom stereocenters. The van der Waals surface area contributed by atoms with Crippen molar-refractivity contribution in [3.63, 3.8) is 0 Å². The van der Waals surface area contributed by atoms with Crippen molar-refractivity contribution in [3.8, 4) is 11.5 Å². The average molecular weight is 352 g/mol. The standard InChI is InChI=1S/C20H20N2O4/c1-22(12-14-5-3-2-4-6-14)19(24)20(9-10-20)18(23)21-15-7-8-16-17(11-15)26-13-25-16/h2-8,11H,9-10,12-13H2,1H3,(H,21,23). The average Bonchev–Trinajstić information content (AvgIpc) is 3.34. The lowest BCUT2D eigenvalue weighted by Crippen LogP contribution is -2.40. The van der Waals surface area contributed by atoms with Crippen molar-refractivity contribution in [2.24, 2.45) is 5.41 Å². The van der Waals surface area contributed by atoms with Gasteiger partial charge in [-0.3, -0.25) is 9.59 Å². The molecule has 2 aromatic carbocycles. The highest BCUT2D eigenvalue weighted by Gasteiger charge is 2.57. The molecule has 0 radical (unpaired) electrons. The third-order valence-corrected chi connectivity index (χ3v) is 4.83. The van der Waals surface area contributed by atoms with E-state index in [2.05, 4.69) is 5.32 Å². The van der Waals surface area contributed by atoms with Crippen molar-refractivity contribution in [2.75, 3.05) is 19.2 Å². The molecule has 2 aromatic rings. The van der Waals surface area contributed by atoms with Crippen LogP contribution in [-0.4, -0.2) is 30.6 Å². The minimum Gasteiger partial charge on any atom is -0.454 e. The maximum absolute atomic E-state index is 12.9. The van der Waals surface area contributed by atoms with Crippen LogP contribution < -0.4 is 14.8 Å². The molecule has 0 bridgehead atoms. The highest BCUT2D eigenvalue weighted by atomic mass is 16.7. The minimum atomic E-state index is -0.958. The van der Waals surface area contributed by atoms with E-state index in [9.17, 15) is 9.59 Å². The molecule has 0 unspecified atom stereocenters. The first-order chi connectivity index (χ1) is 12.6. The summed E-state index contributed by atoms with van der Waals surface area (Å²) in [7, 11) is 1.74. The predicted octanol–water partition coefficient (Wildman–Crippen LogP) is 2.79. The van der Waals surface area contributed by atoms with Crippen LogP contribution in [0.2, 0.25) is 0 Å². The Balaban J connectivity index is 1.44. The Morgan fingerprint density at radius 1 is 1.08 bits per heavy atom. The third kappa shape index (κ3) is 2.98. The van der Waals surface area contributed by atoms with Crippen LogP contribution in [0.3, 0.4) is 0 Å². The monoisotopic (exact) mass is 352 g/mol. The zero-order valence-corrected chi connectivity index (χ0v) is 14.5. The number of rotatable bonds is 5. The van der Waals surface area contributed by atoms with Crippen LogP contribution in [0.1, 0.15) is 18.4 Å². The molecule has 1 fully saturated rings. The zero-order chi connectivity index (χ0) is 18.1. The molecule has 2 amide bonds. The number of hydrogen-bond donors (Lipinski definition) is 1. The third-order valence-electron chi connectivity index (χ3n) is 4.83. The predicted molar refractivity (Wildman–Crippen MR) is 95.8 cm³/mol. The molecule has 6 nitrogen and oxygen atoms in total. The van der Waals surface area contributed by atoms with Crippen molar-refractivity contribution in [1.82, 2.24) is 4.90 Å². The van der Waals surface area contributed by atoms with E-state index in [-0.39, 0.29) is 18.6 Å². The van der Waals surface area contributed by atoms with Gasteiger partial charge in [-0.2, -0.15) is 0 Å². The molecule has 0 spiro atoms. The van der Waals surface area contributed by atoms with Crippen LogP contribution in [0.4, 0.5) is 5.69 Å². The lowest BCUT2D eigenvalue weighted by molar-refractivity contribution is -0.141. The molecular formula is C20H20N2O4. The van der Waals surface area contributed by atoms with E-state index in [0.717, 1.165) is 5.56 Å². The summed E-state index contributed by atoms with van der Waals surface area (Å²) in [5.74, 6) is 0.851. The summed E-state index contributed by atoms with van der Waals surface area (Å²) in [6.45, 7) is 0.665. The van der Waals surface area contributed by atoms with Crippen molar-refractivity contribution in [1.29, 1.82) is 0 Å². The number of carbonyl (C=O) groups excluding carboxylic acids is 2. The molecule has 0 saturated heterocycles. The molecule has 1 aliphatic carbocycles. The summed E-state index contributed by atoms with van der Waals surface area (Å²) >= 11 is 0. The molecule has 0 aromatic heterocycles. The fourth-order valence-electron chi connectivity index (χ4n) is 3.18. The smallest absolute Gasteiger partial charge is 0.240 e. The number of carbonyl (C=O) groups is 2. The summed E-state index contributed by atoms with van der Waals surface area (Å²) in [5.41, 5.74) is 0.680. The number of benzene rings is 2. The Bertz CT molecular complexity index is 846. The first-order valence-corrected chi connectivity index (χ1v) is 8.59. The van der Waals surface area contributed by atoms with Crippen LogP contribution >= 0.6 is 0 Å². The van der Waals surface area contributed by atoms with Gasteiger partial charge in [-0.1, -0.05) is 30.3 Å². The number of fused-ring (bicyclic) bond motifs is 1. The molecule has 1 aliphatic heterocycles. The van der Waals surface area contributed by atoms with E-state index >= 15 is 0 Å². The summed E-state index contributed by atoms with van der Waals surface area (Å²) in [6, 6.07) is 15.0. The number of nitrogens with one attached hydrogen (secondary N) is 1. The molecule has 1 saturated carbocycles. The Kier molecular flexibility index (Phi) is 4.03. The Labute approximate surface area is 151 Å². The van der Waals surface area contributed by atoms with Crippen LogP contribution in [0, 0.1) is 5.41 Å². The van der Waals surface area contributed by atoms with E-state index in [1.165, 1.54) is 0 Å². The lowest BCUT2D eigenvalue weighted by Gasteiger charge is -2.23. The van der Waals surface area contributed by atoms with Crippen LogP contribution in [0.25, 0.3) is 0 Å². The molecule has 1 N–H and O–H groups in total. The van der Waals surface area contributed by atoms with E-state index in [1.807, 2.05) is 30.3 Å². The minimum absolute atomic E-state index is 0.139. The molecular weight excluding hydrogens is 332 g/mol. The fraction of sp³-hybridized carbons (Fsp3) is 0.300. The van der Waals surface area contributed by atoms with Gasteiger partial charge in [0.15, 0.2) is 11.5 Å². The zero-order valence-electron chi connectivity index (χ0n) is 14.5.